The van der Waals surface area contributed by atoms with Gasteiger partial charge in [0.1, 0.15) is 10.6 Å². The van der Waals surface area contributed by atoms with E-state index in [1.807, 2.05) is 39.0 Å². The van der Waals surface area contributed by atoms with Crippen molar-refractivity contribution in [2.75, 3.05) is 20.2 Å². The minimum atomic E-state index is -3.76. The molecule has 158 valence electrons. The molecule has 0 heterocycles. The Morgan fingerprint density at radius 1 is 1.10 bits per heavy atom. The molecule has 1 atom stereocenters. The van der Waals surface area contributed by atoms with E-state index < -0.39 is 10.0 Å². The summed E-state index contributed by atoms with van der Waals surface area (Å²) in [6.45, 7) is 10.1. The lowest BCUT2D eigenvalue weighted by Crippen LogP contribution is -2.31. The van der Waals surface area contributed by atoms with E-state index in [4.69, 9.17) is 4.74 Å². The van der Waals surface area contributed by atoms with Crippen molar-refractivity contribution in [2.45, 2.75) is 45.6 Å². The Hall–Kier alpha value is -2.38. The fraction of sp³-hybridized carbons (Fsp3) is 0.409. The minimum absolute atomic E-state index is 0.00395. The largest absolute Gasteiger partial charge is 0.495 e. The summed E-state index contributed by atoms with van der Waals surface area (Å²) in [6, 6.07) is 10.4. The molecule has 29 heavy (non-hydrogen) atoms. The number of amides is 1. The first-order chi connectivity index (χ1) is 13.6. The Balaban J connectivity index is 2.38. The summed E-state index contributed by atoms with van der Waals surface area (Å²) >= 11 is 0. The van der Waals surface area contributed by atoms with Crippen LogP contribution in [0.15, 0.2) is 41.3 Å². The van der Waals surface area contributed by atoms with Crippen molar-refractivity contribution in [1.82, 2.24) is 9.62 Å². The molecule has 0 fully saturated rings. The third-order valence-electron chi connectivity index (χ3n) is 5.00. The smallest absolute Gasteiger partial charge is 0.251 e. The molecule has 1 N–H and O–H groups in total. The molecule has 0 saturated carbocycles. The van der Waals surface area contributed by atoms with Crippen molar-refractivity contribution in [3.63, 3.8) is 0 Å². The van der Waals surface area contributed by atoms with Gasteiger partial charge in [0.2, 0.25) is 10.0 Å². The van der Waals surface area contributed by atoms with Crippen molar-refractivity contribution in [1.29, 1.82) is 0 Å². The predicted molar refractivity (Wildman–Crippen MR) is 115 cm³/mol. The monoisotopic (exact) mass is 418 g/mol. The van der Waals surface area contributed by atoms with Crippen LogP contribution < -0.4 is 10.1 Å². The van der Waals surface area contributed by atoms with Gasteiger partial charge in [0.05, 0.1) is 13.2 Å². The highest BCUT2D eigenvalue weighted by Crippen LogP contribution is 2.28. The second-order valence-corrected chi connectivity index (χ2v) is 8.92. The zero-order valence-electron chi connectivity index (χ0n) is 17.9. The maximum atomic E-state index is 13.0. The van der Waals surface area contributed by atoms with Crippen LogP contribution in [0, 0.1) is 13.8 Å². The van der Waals surface area contributed by atoms with Gasteiger partial charge in [-0.15, -0.1) is 0 Å². The fourth-order valence-corrected chi connectivity index (χ4v) is 4.95. The zero-order chi connectivity index (χ0) is 21.8. The molecule has 6 nitrogen and oxygen atoms in total. The molecule has 0 aliphatic rings. The highest BCUT2D eigenvalue weighted by molar-refractivity contribution is 7.89. The van der Waals surface area contributed by atoms with Gasteiger partial charge < -0.3 is 10.1 Å². The standard InChI is InChI=1S/C22H30N2O4S/c1-7-24(8-2)29(26,27)21-14-18(11-12-20(21)28-6)22(25)23-17(5)19-13-15(3)9-10-16(19)4/h9-14,17H,7-8H2,1-6H3,(H,23,25)/t17-/m1/s1. The van der Waals surface area contributed by atoms with Gasteiger partial charge in [-0.3, -0.25) is 4.79 Å². The molecule has 2 rings (SSSR count). The fourth-order valence-electron chi connectivity index (χ4n) is 3.31. The molecule has 0 spiro atoms. The predicted octanol–water partition coefficient (Wildman–Crippen LogP) is 3.83. The van der Waals surface area contributed by atoms with Crippen LogP contribution in [0.4, 0.5) is 0 Å². The Kier molecular flexibility index (Phi) is 7.43. The van der Waals surface area contributed by atoms with E-state index in [9.17, 15) is 13.2 Å². The molecule has 7 heteroatoms. The quantitative estimate of drug-likeness (QED) is 0.707. The number of rotatable bonds is 8. The molecule has 2 aromatic carbocycles. The molecule has 1 amide bonds. The number of hydrogen-bond acceptors (Lipinski definition) is 4. The average Bonchev–Trinajstić information content (AvgIpc) is 2.69. The van der Waals surface area contributed by atoms with Crippen LogP contribution in [-0.4, -0.2) is 38.8 Å². The van der Waals surface area contributed by atoms with Gasteiger partial charge in [-0.25, -0.2) is 8.42 Å². The number of methoxy groups -OCH3 is 1. The van der Waals surface area contributed by atoms with Crippen LogP contribution in [0.25, 0.3) is 0 Å². The lowest BCUT2D eigenvalue weighted by Gasteiger charge is -2.21. The number of aryl methyl sites for hydroxylation is 2. The Labute approximate surface area is 173 Å². The number of hydrogen-bond donors (Lipinski definition) is 1. The van der Waals surface area contributed by atoms with Gasteiger partial charge in [0.25, 0.3) is 5.91 Å². The molecule has 0 radical (unpaired) electrons. The van der Waals surface area contributed by atoms with E-state index in [2.05, 4.69) is 5.32 Å². The zero-order valence-corrected chi connectivity index (χ0v) is 18.8. The molecule has 0 bridgehead atoms. The van der Waals surface area contributed by atoms with Crippen LogP contribution in [-0.2, 0) is 10.0 Å². The summed E-state index contributed by atoms with van der Waals surface area (Å²) in [5.41, 5.74) is 3.50. The molecule has 0 aliphatic carbocycles. The summed E-state index contributed by atoms with van der Waals surface area (Å²) < 4.78 is 32.6. The maximum absolute atomic E-state index is 13.0. The topological polar surface area (TPSA) is 75.7 Å². The normalized spacial score (nSPS) is 12.7. The molecule has 0 unspecified atom stereocenters. The van der Waals surface area contributed by atoms with Crippen molar-refractivity contribution >= 4 is 15.9 Å². The number of carbonyl (C=O) groups is 1. The van der Waals surface area contributed by atoms with E-state index >= 15 is 0 Å². The van der Waals surface area contributed by atoms with Crippen molar-refractivity contribution in [2.24, 2.45) is 0 Å². The van der Waals surface area contributed by atoms with E-state index in [1.165, 1.54) is 23.5 Å². The molecule has 0 aromatic heterocycles. The minimum Gasteiger partial charge on any atom is -0.495 e. The molecule has 0 saturated heterocycles. The number of ether oxygens (including phenoxy) is 1. The first-order valence-electron chi connectivity index (χ1n) is 9.71. The van der Waals surface area contributed by atoms with Gasteiger partial charge in [0, 0.05) is 18.7 Å². The highest BCUT2D eigenvalue weighted by Gasteiger charge is 2.27. The lowest BCUT2D eigenvalue weighted by atomic mass is 9.99. The summed E-state index contributed by atoms with van der Waals surface area (Å²) in [5, 5.41) is 2.97. The van der Waals surface area contributed by atoms with Crippen LogP contribution in [0.3, 0.4) is 0 Å². The number of nitrogens with zero attached hydrogens (tertiary/aromatic N) is 1. The first-order valence-corrected chi connectivity index (χ1v) is 11.2. The Morgan fingerprint density at radius 2 is 1.76 bits per heavy atom. The molecule has 2 aromatic rings. The molecular formula is C22H30N2O4S. The van der Waals surface area contributed by atoms with Crippen LogP contribution in [0.2, 0.25) is 0 Å². The van der Waals surface area contributed by atoms with Gasteiger partial charge >= 0.3 is 0 Å². The Morgan fingerprint density at radius 3 is 2.34 bits per heavy atom. The number of carbonyl (C=O) groups excluding carboxylic acids is 1. The number of sulfonamides is 1. The van der Waals surface area contributed by atoms with Crippen LogP contribution in [0.5, 0.6) is 5.75 Å². The van der Waals surface area contributed by atoms with Crippen molar-refractivity contribution in [3.05, 3.63) is 58.7 Å². The van der Waals surface area contributed by atoms with E-state index in [0.717, 1.165) is 16.7 Å². The summed E-state index contributed by atoms with van der Waals surface area (Å²) in [5.74, 6) is -0.118. The summed E-state index contributed by atoms with van der Waals surface area (Å²) in [4.78, 5) is 12.8. The van der Waals surface area contributed by atoms with E-state index in [-0.39, 0.29) is 28.2 Å². The van der Waals surface area contributed by atoms with Crippen LogP contribution in [0.1, 0.15) is 53.9 Å². The number of benzene rings is 2. The van der Waals surface area contributed by atoms with Gasteiger partial charge in [-0.05, 0) is 50.1 Å². The second kappa shape index (κ2) is 9.41. The van der Waals surface area contributed by atoms with Crippen LogP contribution >= 0.6 is 0 Å². The SMILES string of the molecule is CCN(CC)S(=O)(=O)c1cc(C(=O)N[C@H](C)c2cc(C)ccc2C)ccc1OC. The maximum Gasteiger partial charge on any atom is 0.251 e. The molecular weight excluding hydrogens is 388 g/mol. The first kappa shape index (κ1) is 22.9. The van der Waals surface area contributed by atoms with Crippen molar-refractivity contribution < 1.29 is 17.9 Å². The third-order valence-corrected chi connectivity index (χ3v) is 7.07. The van der Waals surface area contributed by atoms with E-state index in [0.29, 0.717) is 13.1 Å². The Bertz CT molecular complexity index is 982. The summed E-state index contributed by atoms with van der Waals surface area (Å²) in [7, 11) is -2.35. The third kappa shape index (κ3) is 4.97. The van der Waals surface area contributed by atoms with Gasteiger partial charge in [0.15, 0.2) is 0 Å². The molecule has 0 aliphatic heterocycles. The van der Waals surface area contributed by atoms with Gasteiger partial charge in [-0.1, -0.05) is 37.6 Å². The lowest BCUT2D eigenvalue weighted by molar-refractivity contribution is 0.0939. The van der Waals surface area contributed by atoms with Gasteiger partial charge in [-0.2, -0.15) is 4.31 Å². The summed E-state index contributed by atoms with van der Waals surface area (Å²) in [6.07, 6.45) is 0. The highest BCUT2D eigenvalue weighted by atomic mass is 32.2. The van der Waals surface area contributed by atoms with Crippen molar-refractivity contribution in [3.8, 4) is 5.75 Å². The number of nitrogens with one attached hydrogen (secondary N) is 1. The van der Waals surface area contributed by atoms with E-state index in [1.54, 1.807) is 19.9 Å². The second-order valence-electron chi connectivity index (χ2n) is 7.01. The average molecular weight is 419 g/mol.